The highest BCUT2D eigenvalue weighted by Crippen LogP contribution is 2.40. The molecule has 0 radical (unpaired) electrons. The van der Waals surface area contributed by atoms with Crippen LogP contribution in [0.5, 0.6) is 11.5 Å². The van der Waals surface area contributed by atoms with E-state index in [4.69, 9.17) is 9.47 Å². The molecule has 1 aromatic heterocycles. The van der Waals surface area contributed by atoms with E-state index in [9.17, 15) is 14.0 Å². The maximum absolute atomic E-state index is 13.7. The second-order valence-corrected chi connectivity index (χ2v) is 7.29. The van der Waals surface area contributed by atoms with Crippen LogP contribution in [0.2, 0.25) is 0 Å². The van der Waals surface area contributed by atoms with Gasteiger partial charge in [-0.2, -0.15) is 0 Å². The number of rotatable bonds is 6. The predicted molar refractivity (Wildman–Crippen MR) is 113 cm³/mol. The fourth-order valence-corrected chi connectivity index (χ4v) is 3.96. The van der Waals surface area contributed by atoms with Crippen molar-refractivity contribution in [1.82, 2.24) is 0 Å². The van der Waals surface area contributed by atoms with Crippen LogP contribution in [0, 0.1) is 5.82 Å². The van der Waals surface area contributed by atoms with Crippen molar-refractivity contribution in [1.29, 1.82) is 0 Å². The van der Waals surface area contributed by atoms with Crippen molar-refractivity contribution >= 4 is 40.1 Å². The molecule has 2 heterocycles. The van der Waals surface area contributed by atoms with Gasteiger partial charge in [0.2, 0.25) is 0 Å². The number of nitrogens with one attached hydrogen (secondary N) is 1. The van der Waals surface area contributed by atoms with Crippen molar-refractivity contribution in [2.45, 2.75) is 0 Å². The quantitative estimate of drug-likeness (QED) is 0.598. The number of methoxy groups -OCH3 is 2. The molecule has 1 N–H and O–H groups in total. The number of anilines is 2. The van der Waals surface area contributed by atoms with E-state index in [2.05, 4.69) is 5.32 Å². The van der Waals surface area contributed by atoms with Gasteiger partial charge in [-0.3, -0.25) is 9.59 Å². The van der Waals surface area contributed by atoms with Gasteiger partial charge in [0.05, 0.1) is 25.5 Å². The summed E-state index contributed by atoms with van der Waals surface area (Å²) in [7, 11) is 2.95. The molecule has 4 rings (SSSR count). The topological polar surface area (TPSA) is 67.9 Å². The minimum atomic E-state index is -0.570. The Balaban J connectivity index is 1.83. The molecule has 0 aliphatic carbocycles. The molecule has 0 atom stereocenters. The second kappa shape index (κ2) is 8.00. The lowest BCUT2D eigenvalue weighted by molar-refractivity contribution is -0.120. The number of nitrogens with zero attached hydrogens (tertiary/aromatic N) is 1. The van der Waals surface area contributed by atoms with Crippen LogP contribution in [0.4, 0.5) is 15.8 Å². The molecule has 0 unspecified atom stereocenters. The Hall–Kier alpha value is -3.65. The molecule has 0 fully saturated rings. The fraction of sp³-hybridized carbons (Fsp3) is 0.0909. The summed E-state index contributed by atoms with van der Waals surface area (Å²) >= 11 is 1.33. The van der Waals surface area contributed by atoms with Crippen molar-refractivity contribution in [3.05, 3.63) is 76.4 Å². The van der Waals surface area contributed by atoms with Crippen molar-refractivity contribution in [2.75, 3.05) is 24.4 Å². The van der Waals surface area contributed by atoms with E-state index in [1.165, 1.54) is 43.8 Å². The van der Waals surface area contributed by atoms with Crippen LogP contribution in [0.15, 0.2) is 65.7 Å². The molecule has 6 nitrogen and oxygen atoms in total. The lowest BCUT2D eigenvalue weighted by Crippen LogP contribution is -2.32. The van der Waals surface area contributed by atoms with Crippen LogP contribution in [0.25, 0.3) is 5.57 Å². The van der Waals surface area contributed by atoms with Crippen molar-refractivity contribution in [3.8, 4) is 11.5 Å². The van der Waals surface area contributed by atoms with E-state index in [0.717, 1.165) is 4.90 Å². The number of carbonyl (C=O) groups is 2. The van der Waals surface area contributed by atoms with E-state index < -0.39 is 17.6 Å². The van der Waals surface area contributed by atoms with Gasteiger partial charge < -0.3 is 14.8 Å². The second-order valence-electron chi connectivity index (χ2n) is 6.35. The highest BCUT2D eigenvalue weighted by atomic mass is 32.1. The van der Waals surface area contributed by atoms with E-state index in [1.807, 2.05) is 5.38 Å². The third kappa shape index (κ3) is 3.42. The third-order valence-electron chi connectivity index (χ3n) is 4.57. The maximum atomic E-state index is 13.7. The highest BCUT2D eigenvalue weighted by molar-refractivity contribution is 7.11. The molecular weight excluding hydrogens is 407 g/mol. The molecule has 0 saturated carbocycles. The molecule has 1 aliphatic rings. The zero-order chi connectivity index (χ0) is 21.3. The maximum Gasteiger partial charge on any atom is 0.282 e. The first-order chi connectivity index (χ1) is 14.5. The van der Waals surface area contributed by atoms with Crippen LogP contribution < -0.4 is 19.7 Å². The largest absolute Gasteiger partial charge is 0.497 e. The number of thiophene rings is 1. The Kier molecular flexibility index (Phi) is 5.24. The summed E-state index contributed by atoms with van der Waals surface area (Å²) in [6.07, 6.45) is 0. The number of amides is 2. The van der Waals surface area contributed by atoms with Gasteiger partial charge in [-0.25, -0.2) is 9.29 Å². The van der Waals surface area contributed by atoms with Gasteiger partial charge in [0.15, 0.2) is 0 Å². The monoisotopic (exact) mass is 424 g/mol. The lowest BCUT2D eigenvalue weighted by Gasteiger charge is -2.19. The molecule has 0 saturated heterocycles. The Labute approximate surface area is 176 Å². The molecule has 0 spiro atoms. The predicted octanol–water partition coefficient (Wildman–Crippen LogP) is 4.30. The van der Waals surface area contributed by atoms with Crippen molar-refractivity contribution in [3.63, 3.8) is 0 Å². The van der Waals surface area contributed by atoms with Gasteiger partial charge in [0.25, 0.3) is 11.8 Å². The van der Waals surface area contributed by atoms with Gasteiger partial charge in [-0.05, 0) is 41.8 Å². The van der Waals surface area contributed by atoms with Gasteiger partial charge in [0, 0.05) is 16.6 Å². The molecule has 30 heavy (non-hydrogen) atoms. The Bertz CT molecular complexity index is 1160. The van der Waals surface area contributed by atoms with Gasteiger partial charge in [0.1, 0.15) is 23.0 Å². The van der Waals surface area contributed by atoms with Crippen LogP contribution in [-0.4, -0.2) is 26.0 Å². The van der Waals surface area contributed by atoms with Crippen molar-refractivity contribution < 1.29 is 23.5 Å². The molecule has 2 amide bonds. The first kappa shape index (κ1) is 19.7. The molecule has 152 valence electrons. The zero-order valence-electron chi connectivity index (χ0n) is 16.1. The first-order valence-corrected chi connectivity index (χ1v) is 9.83. The molecule has 2 aromatic carbocycles. The minimum Gasteiger partial charge on any atom is -0.497 e. The number of carbonyl (C=O) groups excluding carboxylic acids is 2. The Morgan fingerprint density at radius 2 is 1.80 bits per heavy atom. The van der Waals surface area contributed by atoms with Crippen LogP contribution in [-0.2, 0) is 9.59 Å². The number of benzene rings is 2. The summed E-state index contributed by atoms with van der Waals surface area (Å²) in [4.78, 5) is 28.4. The van der Waals surface area contributed by atoms with E-state index in [1.54, 1.807) is 36.4 Å². The standard InChI is InChI=1S/C22H17FN2O4S/c1-28-15-8-9-17(29-2)16(12-15)25-21(26)19(18-7-4-10-30-18)20(22(25)27)24-14-6-3-5-13(23)11-14/h3-12,24H,1-2H3. The van der Waals surface area contributed by atoms with Gasteiger partial charge in [-0.1, -0.05) is 12.1 Å². The number of imide groups is 1. The number of halogens is 1. The van der Waals surface area contributed by atoms with Gasteiger partial charge in [-0.15, -0.1) is 11.3 Å². The first-order valence-electron chi connectivity index (χ1n) is 8.95. The van der Waals surface area contributed by atoms with Crippen LogP contribution in [0.3, 0.4) is 0 Å². The number of hydrogen-bond acceptors (Lipinski definition) is 6. The summed E-state index contributed by atoms with van der Waals surface area (Å²) in [6, 6.07) is 14.1. The average molecular weight is 424 g/mol. The molecular formula is C22H17FN2O4S. The van der Waals surface area contributed by atoms with Crippen LogP contribution in [0.1, 0.15) is 4.88 Å². The summed E-state index contributed by atoms with van der Waals surface area (Å²) in [5.41, 5.74) is 0.902. The normalized spacial score (nSPS) is 13.8. The minimum absolute atomic E-state index is 0.0675. The summed E-state index contributed by atoms with van der Waals surface area (Å²) in [5.74, 6) is -0.723. The summed E-state index contributed by atoms with van der Waals surface area (Å²) < 4.78 is 24.3. The summed E-state index contributed by atoms with van der Waals surface area (Å²) in [5, 5.41) is 4.74. The average Bonchev–Trinajstić information content (AvgIpc) is 3.34. The van der Waals surface area contributed by atoms with E-state index in [-0.39, 0.29) is 17.0 Å². The molecule has 8 heteroatoms. The van der Waals surface area contributed by atoms with E-state index in [0.29, 0.717) is 22.1 Å². The zero-order valence-corrected chi connectivity index (χ0v) is 17.0. The third-order valence-corrected chi connectivity index (χ3v) is 5.46. The number of hydrogen-bond donors (Lipinski definition) is 1. The lowest BCUT2D eigenvalue weighted by atomic mass is 10.2. The summed E-state index contributed by atoms with van der Waals surface area (Å²) in [6.45, 7) is 0. The van der Waals surface area contributed by atoms with Gasteiger partial charge >= 0.3 is 0 Å². The van der Waals surface area contributed by atoms with Crippen molar-refractivity contribution in [2.24, 2.45) is 0 Å². The highest BCUT2D eigenvalue weighted by Gasteiger charge is 2.42. The SMILES string of the molecule is COc1ccc(OC)c(N2C(=O)C(Nc3cccc(F)c3)=C(c3cccs3)C2=O)c1. The Morgan fingerprint density at radius 1 is 0.967 bits per heavy atom. The molecule has 3 aromatic rings. The Morgan fingerprint density at radius 3 is 2.47 bits per heavy atom. The van der Waals surface area contributed by atoms with Crippen LogP contribution >= 0.6 is 11.3 Å². The molecule has 0 bridgehead atoms. The fourth-order valence-electron chi connectivity index (χ4n) is 3.20. The smallest absolute Gasteiger partial charge is 0.282 e. The van der Waals surface area contributed by atoms with E-state index >= 15 is 0 Å². The molecule has 1 aliphatic heterocycles. The number of ether oxygens (including phenoxy) is 2.